The molecule has 62 valence electrons. The van der Waals surface area contributed by atoms with Crippen LogP contribution in [0.25, 0.3) is 0 Å². The van der Waals surface area contributed by atoms with Gasteiger partial charge in [-0.15, -0.1) is 0 Å². The van der Waals surface area contributed by atoms with Gasteiger partial charge in [-0.05, 0) is 28.1 Å². The molecule has 4 heteroatoms. The quantitative estimate of drug-likeness (QED) is 0.663. The molecule has 1 amide bonds. The van der Waals surface area contributed by atoms with Gasteiger partial charge in [0, 0.05) is 11.3 Å². The van der Waals surface area contributed by atoms with Crippen LogP contribution in [0.4, 0.5) is 5.69 Å². The van der Waals surface area contributed by atoms with Crippen molar-refractivity contribution < 1.29 is 9.90 Å². The van der Waals surface area contributed by atoms with Crippen molar-refractivity contribution in [3.63, 3.8) is 0 Å². The second kappa shape index (κ2) is 2.48. The highest BCUT2D eigenvalue weighted by molar-refractivity contribution is 9.10. The average molecular weight is 228 g/mol. The van der Waals surface area contributed by atoms with Crippen LogP contribution in [0.15, 0.2) is 16.6 Å². The van der Waals surface area contributed by atoms with Crippen LogP contribution in [0.3, 0.4) is 0 Å². The van der Waals surface area contributed by atoms with E-state index in [1.807, 2.05) is 0 Å². The van der Waals surface area contributed by atoms with Crippen molar-refractivity contribution in [1.82, 2.24) is 0 Å². The molecule has 0 aromatic heterocycles. The number of halogens is 1. The normalized spacial score (nSPS) is 14.2. The molecule has 0 atom stereocenters. The van der Waals surface area contributed by atoms with Gasteiger partial charge in [0.25, 0.3) is 0 Å². The van der Waals surface area contributed by atoms with Gasteiger partial charge in [0.15, 0.2) is 0 Å². The van der Waals surface area contributed by atoms with Crippen molar-refractivity contribution in [1.29, 1.82) is 0 Å². The Morgan fingerprint density at radius 2 is 2.25 bits per heavy atom. The van der Waals surface area contributed by atoms with Gasteiger partial charge in [-0.25, -0.2) is 0 Å². The van der Waals surface area contributed by atoms with Gasteiger partial charge in [-0.1, -0.05) is 0 Å². The number of hydrogen-bond donors (Lipinski definition) is 2. The molecule has 1 aliphatic rings. The third-order valence-electron chi connectivity index (χ3n) is 1.83. The summed E-state index contributed by atoms with van der Waals surface area (Å²) in [5.74, 6) is 0.140. The second-order valence-corrected chi connectivity index (χ2v) is 3.44. The molecule has 1 aromatic rings. The Balaban J connectivity index is 2.61. The number of fused-ring (bicyclic) bond motifs is 1. The zero-order chi connectivity index (χ0) is 8.72. The fraction of sp³-hybridized carbons (Fsp3) is 0.125. The zero-order valence-corrected chi connectivity index (χ0v) is 7.68. The third kappa shape index (κ3) is 0.992. The summed E-state index contributed by atoms with van der Waals surface area (Å²) >= 11 is 3.22. The first kappa shape index (κ1) is 7.61. The molecule has 1 aromatic carbocycles. The molecule has 3 nitrogen and oxygen atoms in total. The fourth-order valence-corrected chi connectivity index (χ4v) is 1.74. The SMILES string of the molecule is O=C1Cc2c(ccc(O)c2Br)N1. The molecule has 2 rings (SSSR count). The van der Waals surface area contributed by atoms with E-state index in [2.05, 4.69) is 21.2 Å². The van der Waals surface area contributed by atoms with E-state index in [1.54, 1.807) is 12.1 Å². The minimum absolute atomic E-state index is 0.0312. The summed E-state index contributed by atoms with van der Waals surface area (Å²) < 4.78 is 0.610. The van der Waals surface area contributed by atoms with Crippen LogP contribution in [0.5, 0.6) is 5.75 Å². The van der Waals surface area contributed by atoms with E-state index in [0.717, 1.165) is 11.3 Å². The third-order valence-corrected chi connectivity index (χ3v) is 2.72. The maximum atomic E-state index is 10.9. The molecule has 0 spiro atoms. The summed E-state index contributed by atoms with van der Waals surface area (Å²) in [7, 11) is 0. The van der Waals surface area contributed by atoms with Crippen molar-refractivity contribution in [3.8, 4) is 5.75 Å². The van der Waals surface area contributed by atoms with Crippen molar-refractivity contribution in [2.45, 2.75) is 6.42 Å². The Kier molecular flexibility index (Phi) is 1.58. The minimum Gasteiger partial charge on any atom is -0.507 e. The van der Waals surface area contributed by atoms with Crippen molar-refractivity contribution in [2.24, 2.45) is 0 Å². The number of rotatable bonds is 0. The van der Waals surface area contributed by atoms with E-state index < -0.39 is 0 Å². The number of phenols is 1. The van der Waals surface area contributed by atoms with Gasteiger partial charge < -0.3 is 10.4 Å². The molecule has 0 saturated heterocycles. The first-order chi connectivity index (χ1) is 5.68. The van der Waals surface area contributed by atoms with Crippen LogP contribution in [-0.2, 0) is 11.2 Å². The maximum absolute atomic E-state index is 10.9. The van der Waals surface area contributed by atoms with Gasteiger partial charge in [0.2, 0.25) is 5.91 Å². The fourth-order valence-electron chi connectivity index (χ4n) is 1.25. The van der Waals surface area contributed by atoms with Gasteiger partial charge >= 0.3 is 0 Å². The predicted molar refractivity (Wildman–Crippen MR) is 48.1 cm³/mol. The van der Waals surface area contributed by atoms with Crippen LogP contribution < -0.4 is 5.32 Å². The Hall–Kier alpha value is -1.03. The summed E-state index contributed by atoms with van der Waals surface area (Å²) in [5, 5.41) is 12.0. The van der Waals surface area contributed by atoms with Crippen LogP contribution in [-0.4, -0.2) is 11.0 Å². The number of amides is 1. The lowest BCUT2D eigenvalue weighted by Crippen LogP contribution is -2.03. The number of anilines is 1. The number of phenolic OH excluding ortho intramolecular Hbond substituents is 1. The number of aromatic hydroxyl groups is 1. The van der Waals surface area contributed by atoms with Gasteiger partial charge in [0.1, 0.15) is 5.75 Å². The summed E-state index contributed by atoms with van der Waals surface area (Å²) in [6.45, 7) is 0. The van der Waals surface area contributed by atoms with E-state index >= 15 is 0 Å². The molecule has 1 aliphatic heterocycles. The van der Waals surface area contributed by atoms with Crippen LogP contribution in [0.1, 0.15) is 5.56 Å². The van der Waals surface area contributed by atoms with Gasteiger partial charge in [-0.3, -0.25) is 4.79 Å². The van der Waals surface area contributed by atoms with Crippen molar-refractivity contribution in [3.05, 3.63) is 22.2 Å². The highest BCUT2D eigenvalue weighted by atomic mass is 79.9. The summed E-state index contributed by atoms with van der Waals surface area (Å²) in [6, 6.07) is 3.24. The molecular formula is C8H6BrNO2. The first-order valence-corrected chi connectivity index (χ1v) is 4.28. The van der Waals surface area contributed by atoms with E-state index in [0.29, 0.717) is 10.9 Å². The number of carbonyl (C=O) groups excluding carboxylic acids is 1. The molecule has 0 radical (unpaired) electrons. The molecule has 0 unspecified atom stereocenters. The largest absolute Gasteiger partial charge is 0.507 e. The van der Waals surface area contributed by atoms with Crippen molar-refractivity contribution >= 4 is 27.5 Å². The topological polar surface area (TPSA) is 49.3 Å². The van der Waals surface area contributed by atoms with Crippen LogP contribution >= 0.6 is 15.9 Å². The number of carbonyl (C=O) groups is 1. The molecular weight excluding hydrogens is 222 g/mol. The average Bonchev–Trinajstić information content (AvgIpc) is 2.39. The molecule has 0 saturated carbocycles. The number of hydrogen-bond acceptors (Lipinski definition) is 2. The predicted octanol–water partition coefficient (Wildman–Crippen LogP) is 1.65. The molecule has 0 fully saturated rings. The van der Waals surface area contributed by atoms with Crippen molar-refractivity contribution in [2.75, 3.05) is 5.32 Å². The lowest BCUT2D eigenvalue weighted by atomic mass is 10.1. The van der Waals surface area contributed by atoms with Gasteiger partial charge in [0.05, 0.1) is 10.9 Å². The maximum Gasteiger partial charge on any atom is 0.228 e. The van der Waals surface area contributed by atoms with Crippen LogP contribution in [0.2, 0.25) is 0 Å². The van der Waals surface area contributed by atoms with E-state index in [-0.39, 0.29) is 11.7 Å². The Morgan fingerprint density at radius 1 is 1.50 bits per heavy atom. The number of benzene rings is 1. The zero-order valence-electron chi connectivity index (χ0n) is 6.10. The monoisotopic (exact) mass is 227 g/mol. The summed E-state index contributed by atoms with van der Waals surface area (Å²) in [6.07, 6.45) is 0.338. The second-order valence-electron chi connectivity index (χ2n) is 2.65. The highest BCUT2D eigenvalue weighted by Crippen LogP contribution is 2.36. The van der Waals surface area contributed by atoms with E-state index in [4.69, 9.17) is 0 Å². The summed E-state index contributed by atoms with van der Waals surface area (Å²) in [5.41, 5.74) is 1.62. The smallest absolute Gasteiger partial charge is 0.228 e. The molecule has 2 N–H and O–H groups in total. The lowest BCUT2D eigenvalue weighted by molar-refractivity contribution is -0.115. The van der Waals surface area contributed by atoms with E-state index in [9.17, 15) is 9.90 Å². The molecule has 1 heterocycles. The molecule has 0 bridgehead atoms. The highest BCUT2D eigenvalue weighted by Gasteiger charge is 2.21. The Morgan fingerprint density at radius 3 is 3.00 bits per heavy atom. The standard InChI is InChI=1S/C8H6BrNO2/c9-8-4-3-7(12)10-5(4)1-2-6(8)11/h1-2,11H,3H2,(H,10,12). The Labute approximate surface area is 77.5 Å². The molecule has 0 aliphatic carbocycles. The first-order valence-electron chi connectivity index (χ1n) is 3.48. The minimum atomic E-state index is -0.0312. The van der Waals surface area contributed by atoms with Crippen LogP contribution in [0, 0.1) is 0 Å². The lowest BCUT2D eigenvalue weighted by Gasteiger charge is -2.01. The Bertz CT molecular complexity index is 362. The van der Waals surface area contributed by atoms with Gasteiger partial charge in [-0.2, -0.15) is 0 Å². The van der Waals surface area contributed by atoms with E-state index in [1.165, 1.54) is 0 Å². The number of nitrogens with one attached hydrogen (secondary N) is 1. The summed E-state index contributed by atoms with van der Waals surface area (Å²) in [4.78, 5) is 10.9. The molecule has 12 heavy (non-hydrogen) atoms.